The number of hydrogen-bond donors (Lipinski definition) is 1. The van der Waals surface area contributed by atoms with E-state index in [4.69, 9.17) is 0 Å². The Hall–Kier alpha value is -3.03. The van der Waals surface area contributed by atoms with Gasteiger partial charge in [0.1, 0.15) is 0 Å². The summed E-state index contributed by atoms with van der Waals surface area (Å²) < 4.78 is 27.7. The lowest BCUT2D eigenvalue weighted by Gasteiger charge is -2.18. The van der Waals surface area contributed by atoms with Gasteiger partial charge in [0.25, 0.3) is 5.91 Å². The topological polar surface area (TPSA) is 79.4 Å². The molecule has 0 unspecified atom stereocenters. The first kappa shape index (κ1) is 19.7. The molecular formula is C21H21N3O3S. The minimum atomic E-state index is -3.76. The number of benzene rings is 2. The highest BCUT2D eigenvalue weighted by molar-refractivity contribution is 7.89. The Morgan fingerprint density at radius 1 is 1.00 bits per heavy atom. The van der Waals surface area contributed by atoms with Crippen molar-refractivity contribution in [2.45, 2.75) is 18.0 Å². The largest absolute Gasteiger partial charge is 0.337 e. The average molecular weight is 395 g/mol. The monoisotopic (exact) mass is 395 g/mol. The van der Waals surface area contributed by atoms with Gasteiger partial charge in [-0.1, -0.05) is 42.5 Å². The third-order valence-corrected chi connectivity index (χ3v) is 5.57. The van der Waals surface area contributed by atoms with E-state index in [0.717, 1.165) is 5.56 Å². The van der Waals surface area contributed by atoms with Gasteiger partial charge in [0, 0.05) is 25.4 Å². The quantitative estimate of drug-likeness (QED) is 0.667. The molecule has 0 aliphatic rings. The zero-order chi connectivity index (χ0) is 20.0. The van der Waals surface area contributed by atoms with Gasteiger partial charge in [0.05, 0.1) is 17.1 Å². The third-order valence-electron chi connectivity index (χ3n) is 4.17. The molecular weight excluding hydrogens is 374 g/mol. The molecule has 0 saturated carbocycles. The zero-order valence-corrected chi connectivity index (χ0v) is 16.3. The summed E-state index contributed by atoms with van der Waals surface area (Å²) >= 11 is 0. The van der Waals surface area contributed by atoms with Gasteiger partial charge in [0.2, 0.25) is 10.0 Å². The lowest BCUT2D eigenvalue weighted by molar-refractivity contribution is 0.0785. The van der Waals surface area contributed by atoms with E-state index in [9.17, 15) is 13.2 Å². The summed E-state index contributed by atoms with van der Waals surface area (Å²) in [6.07, 6.45) is 1.60. The van der Waals surface area contributed by atoms with Crippen molar-refractivity contribution in [3.63, 3.8) is 0 Å². The molecule has 144 valence electrons. The van der Waals surface area contributed by atoms with Gasteiger partial charge in [-0.05, 0) is 35.9 Å². The molecule has 0 saturated heterocycles. The van der Waals surface area contributed by atoms with Gasteiger partial charge in [0.15, 0.2) is 0 Å². The number of hydrogen-bond acceptors (Lipinski definition) is 4. The van der Waals surface area contributed by atoms with Crippen molar-refractivity contribution in [2.24, 2.45) is 0 Å². The standard InChI is InChI=1S/C21H21N3O3S/c1-24(16-17-8-3-2-4-9-17)21(25)18-10-7-12-20(14-18)28(26,27)23-15-19-11-5-6-13-22-19/h2-14,23H,15-16H2,1H3. The van der Waals surface area contributed by atoms with Gasteiger partial charge in [-0.3, -0.25) is 9.78 Å². The molecule has 7 heteroatoms. The van der Waals surface area contributed by atoms with Crippen LogP contribution in [0.4, 0.5) is 0 Å². The summed E-state index contributed by atoms with van der Waals surface area (Å²) in [6, 6.07) is 20.9. The molecule has 3 rings (SSSR count). The predicted octanol–water partition coefficient (Wildman–Crippen LogP) is 2.83. The Morgan fingerprint density at radius 2 is 1.75 bits per heavy atom. The van der Waals surface area contributed by atoms with E-state index in [1.807, 2.05) is 30.3 Å². The maximum atomic E-state index is 12.7. The number of rotatable bonds is 7. The molecule has 3 aromatic rings. The number of carbonyl (C=O) groups is 1. The fourth-order valence-electron chi connectivity index (χ4n) is 2.70. The molecule has 1 heterocycles. The lowest BCUT2D eigenvalue weighted by atomic mass is 10.1. The van der Waals surface area contributed by atoms with Crippen molar-refractivity contribution in [2.75, 3.05) is 7.05 Å². The normalized spacial score (nSPS) is 11.2. The van der Waals surface area contributed by atoms with Gasteiger partial charge in [-0.25, -0.2) is 13.1 Å². The molecule has 1 N–H and O–H groups in total. The number of amides is 1. The molecule has 1 aromatic heterocycles. The van der Waals surface area contributed by atoms with Crippen LogP contribution in [0.25, 0.3) is 0 Å². The maximum absolute atomic E-state index is 12.7. The van der Waals surface area contributed by atoms with Crippen molar-refractivity contribution in [3.05, 3.63) is 95.8 Å². The van der Waals surface area contributed by atoms with E-state index in [2.05, 4.69) is 9.71 Å². The Bertz CT molecular complexity index is 1040. The Balaban J connectivity index is 1.72. The number of aromatic nitrogens is 1. The van der Waals surface area contributed by atoms with Gasteiger partial charge < -0.3 is 4.90 Å². The number of nitrogens with zero attached hydrogens (tertiary/aromatic N) is 2. The second-order valence-corrected chi connectivity index (χ2v) is 8.09. The molecule has 1 amide bonds. The van der Waals surface area contributed by atoms with Gasteiger partial charge in [-0.2, -0.15) is 0 Å². The van der Waals surface area contributed by atoms with Gasteiger partial charge >= 0.3 is 0 Å². The van der Waals surface area contributed by atoms with Crippen molar-refractivity contribution >= 4 is 15.9 Å². The second kappa shape index (κ2) is 8.77. The SMILES string of the molecule is CN(Cc1ccccc1)C(=O)c1cccc(S(=O)(=O)NCc2ccccn2)c1. The Kier molecular flexibility index (Phi) is 6.18. The minimum Gasteiger partial charge on any atom is -0.337 e. The molecule has 0 radical (unpaired) electrons. The molecule has 0 bridgehead atoms. The van der Waals surface area contributed by atoms with Crippen LogP contribution in [0.2, 0.25) is 0 Å². The van der Waals surface area contributed by atoms with Crippen LogP contribution in [0.15, 0.2) is 83.9 Å². The first-order valence-electron chi connectivity index (χ1n) is 8.75. The first-order valence-corrected chi connectivity index (χ1v) is 10.2. The summed E-state index contributed by atoms with van der Waals surface area (Å²) in [5, 5.41) is 0. The van der Waals surface area contributed by atoms with E-state index in [0.29, 0.717) is 17.8 Å². The average Bonchev–Trinajstić information content (AvgIpc) is 2.73. The van der Waals surface area contributed by atoms with Gasteiger partial charge in [-0.15, -0.1) is 0 Å². The van der Waals surface area contributed by atoms with Crippen LogP contribution in [0, 0.1) is 0 Å². The van der Waals surface area contributed by atoms with Crippen LogP contribution < -0.4 is 4.72 Å². The van der Waals surface area contributed by atoms with E-state index < -0.39 is 10.0 Å². The Labute approximate surface area is 164 Å². The number of carbonyl (C=O) groups excluding carboxylic acids is 1. The summed E-state index contributed by atoms with van der Waals surface area (Å²) in [7, 11) is -2.07. The molecule has 6 nitrogen and oxygen atoms in total. The van der Waals surface area contributed by atoms with Crippen molar-refractivity contribution in [3.8, 4) is 0 Å². The number of pyridine rings is 1. The second-order valence-electron chi connectivity index (χ2n) is 6.32. The highest BCUT2D eigenvalue weighted by Crippen LogP contribution is 2.15. The first-order chi connectivity index (χ1) is 13.5. The minimum absolute atomic E-state index is 0.0439. The number of sulfonamides is 1. The van der Waals surface area contributed by atoms with E-state index in [-0.39, 0.29) is 17.3 Å². The highest BCUT2D eigenvalue weighted by atomic mass is 32.2. The predicted molar refractivity (Wildman–Crippen MR) is 107 cm³/mol. The van der Waals surface area contributed by atoms with Crippen molar-refractivity contribution in [1.82, 2.24) is 14.6 Å². The van der Waals surface area contributed by atoms with Crippen molar-refractivity contribution < 1.29 is 13.2 Å². The molecule has 2 aromatic carbocycles. The summed E-state index contributed by atoms with van der Waals surface area (Å²) in [5.41, 5.74) is 1.93. The van der Waals surface area contributed by atoms with Crippen LogP contribution in [0.1, 0.15) is 21.6 Å². The fraction of sp³-hybridized carbons (Fsp3) is 0.143. The molecule has 0 aliphatic carbocycles. The molecule has 0 aliphatic heterocycles. The van der Waals surface area contributed by atoms with Crippen LogP contribution in [0.3, 0.4) is 0 Å². The van der Waals surface area contributed by atoms with Crippen LogP contribution in [-0.2, 0) is 23.1 Å². The molecule has 0 fully saturated rings. The summed E-state index contributed by atoms with van der Waals surface area (Å²) in [5.74, 6) is -0.245. The van der Waals surface area contributed by atoms with Crippen LogP contribution >= 0.6 is 0 Å². The fourth-order valence-corrected chi connectivity index (χ4v) is 3.75. The van der Waals surface area contributed by atoms with Crippen LogP contribution in [0.5, 0.6) is 0 Å². The van der Waals surface area contributed by atoms with Crippen molar-refractivity contribution in [1.29, 1.82) is 0 Å². The molecule has 28 heavy (non-hydrogen) atoms. The van der Waals surface area contributed by atoms with Crippen LogP contribution in [-0.4, -0.2) is 31.3 Å². The zero-order valence-electron chi connectivity index (χ0n) is 15.4. The highest BCUT2D eigenvalue weighted by Gasteiger charge is 2.18. The third kappa shape index (κ3) is 5.03. The molecule has 0 atom stereocenters. The lowest BCUT2D eigenvalue weighted by Crippen LogP contribution is -2.27. The molecule has 0 spiro atoms. The van der Waals surface area contributed by atoms with E-state index in [1.165, 1.54) is 12.1 Å². The smallest absolute Gasteiger partial charge is 0.253 e. The van der Waals surface area contributed by atoms with E-state index >= 15 is 0 Å². The summed E-state index contributed by atoms with van der Waals surface area (Å²) in [4.78, 5) is 18.4. The number of nitrogens with one attached hydrogen (secondary N) is 1. The maximum Gasteiger partial charge on any atom is 0.253 e. The van der Waals surface area contributed by atoms with E-state index in [1.54, 1.807) is 48.5 Å². The summed E-state index contributed by atoms with van der Waals surface area (Å²) in [6.45, 7) is 0.518. The Morgan fingerprint density at radius 3 is 2.46 bits per heavy atom.